The number of phenols is 1. The number of aliphatic hydroxyl groups is 3. The van der Waals surface area contributed by atoms with Crippen LogP contribution in [0.25, 0.3) is 0 Å². The van der Waals surface area contributed by atoms with Crippen molar-refractivity contribution >= 4 is 0 Å². The van der Waals surface area contributed by atoms with E-state index in [0.29, 0.717) is 43.2 Å². The van der Waals surface area contributed by atoms with E-state index >= 15 is 0 Å². The molecule has 27 heavy (non-hydrogen) atoms. The molecule has 5 atom stereocenters. The molecule has 5 rings (SSSR count). The lowest BCUT2D eigenvalue weighted by molar-refractivity contribution is -0.182. The Balaban J connectivity index is 1.67. The molecule has 1 aromatic rings. The van der Waals surface area contributed by atoms with Gasteiger partial charge in [-0.15, -0.1) is 0 Å². The summed E-state index contributed by atoms with van der Waals surface area (Å²) in [4.78, 5) is 2.46. The first-order valence-electron chi connectivity index (χ1n) is 10.3. The van der Waals surface area contributed by atoms with Gasteiger partial charge in [0.05, 0.1) is 11.7 Å². The number of likely N-dealkylation sites (tertiary alicyclic amines) is 1. The average molecular weight is 374 g/mol. The average Bonchev–Trinajstić information content (AvgIpc) is 3.42. The van der Waals surface area contributed by atoms with E-state index in [4.69, 9.17) is 5.73 Å². The van der Waals surface area contributed by atoms with E-state index in [1.807, 2.05) is 6.07 Å². The molecule has 3 unspecified atom stereocenters. The van der Waals surface area contributed by atoms with Crippen LogP contribution >= 0.6 is 0 Å². The van der Waals surface area contributed by atoms with Crippen molar-refractivity contribution in [3.05, 3.63) is 28.8 Å². The largest absolute Gasteiger partial charge is 0.507 e. The summed E-state index contributed by atoms with van der Waals surface area (Å²) in [6.07, 6.45) is 3.76. The number of rotatable bonds is 3. The molecule has 0 spiro atoms. The van der Waals surface area contributed by atoms with Crippen molar-refractivity contribution in [3.63, 3.8) is 0 Å². The lowest BCUT2D eigenvalue weighted by Gasteiger charge is -2.64. The number of fused-ring (bicyclic) bond motifs is 1. The van der Waals surface area contributed by atoms with Crippen LogP contribution < -0.4 is 5.73 Å². The molecular formula is C21H30N2O4. The zero-order valence-corrected chi connectivity index (χ0v) is 15.6. The second-order valence-electron chi connectivity index (χ2n) is 9.29. The van der Waals surface area contributed by atoms with Gasteiger partial charge in [0, 0.05) is 29.1 Å². The van der Waals surface area contributed by atoms with Gasteiger partial charge in [-0.05, 0) is 63.0 Å². The Morgan fingerprint density at radius 1 is 1.22 bits per heavy atom. The molecule has 1 aromatic carbocycles. The third-order valence-electron chi connectivity index (χ3n) is 7.78. The summed E-state index contributed by atoms with van der Waals surface area (Å²) in [5.74, 6) is 0.754. The second kappa shape index (κ2) is 5.91. The molecule has 0 radical (unpaired) electrons. The molecule has 6 nitrogen and oxygen atoms in total. The van der Waals surface area contributed by atoms with E-state index in [0.717, 1.165) is 24.6 Å². The fourth-order valence-electron chi connectivity index (χ4n) is 6.30. The Morgan fingerprint density at radius 2 is 2.00 bits per heavy atom. The van der Waals surface area contributed by atoms with E-state index in [1.54, 1.807) is 6.07 Å². The van der Waals surface area contributed by atoms with E-state index < -0.39 is 23.3 Å². The summed E-state index contributed by atoms with van der Waals surface area (Å²) < 4.78 is 0. The number of benzene rings is 1. The smallest absolute Gasteiger partial charge is 0.132 e. The number of nitrogens with two attached hydrogens (primary N) is 1. The summed E-state index contributed by atoms with van der Waals surface area (Å²) in [6.45, 7) is 1.90. The molecule has 4 aliphatic rings. The maximum Gasteiger partial charge on any atom is 0.132 e. The first kappa shape index (κ1) is 17.9. The van der Waals surface area contributed by atoms with Gasteiger partial charge in [-0.3, -0.25) is 4.90 Å². The topological polar surface area (TPSA) is 110 Å². The predicted molar refractivity (Wildman–Crippen MR) is 100 cm³/mol. The number of aromatic hydroxyl groups is 1. The lowest BCUT2D eigenvalue weighted by Crippen LogP contribution is -2.73. The molecule has 2 saturated carbocycles. The quantitative estimate of drug-likeness (QED) is 0.503. The number of phenolic OH excluding ortho intramolecular Hbond substituents is 1. The minimum atomic E-state index is -1.26. The maximum atomic E-state index is 12.0. The highest BCUT2D eigenvalue weighted by Crippen LogP contribution is 2.60. The zero-order valence-electron chi connectivity index (χ0n) is 15.6. The van der Waals surface area contributed by atoms with Crippen LogP contribution in [0.3, 0.4) is 0 Å². The van der Waals surface area contributed by atoms with Crippen LogP contribution in [0, 0.1) is 5.92 Å². The number of aliphatic hydroxyl groups excluding tert-OH is 2. The van der Waals surface area contributed by atoms with Crippen molar-refractivity contribution in [2.75, 3.05) is 13.1 Å². The predicted octanol–water partition coefficient (Wildman–Crippen LogP) is 0.896. The molecule has 3 fully saturated rings. The lowest BCUT2D eigenvalue weighted by atomic mass is 9.49. The van der Waals surface area contributed by atoms with E-state index in [1.165, 1.54) is 12.8 Å². The van der Waals surface area contributed by atoms with E-state index in [-0.39, 0.29) is 11.8 Å². The first-order valence-corrected chi connectivity index (χ1v) is 10.3. The van der Waals surface area contributed by atoms with Gasteiger partial charge in [-0.1, -0.05) is 12.1 Å². The summed E-state index contributed by atoms with van der Waals surface area (Å²) in [6, 6.07) is 3.65. The van der Waals surface area contributed by atoms with Gasteiger partial charge in [0.15, 0.2) is 0 Å². The van der Waals surface area contributed by atoms with Gasteiger partial charge in [-0.2, -0.15) is 0 Å². The van der Waals surface area contributed by atoms with Gasteiger partial charge in [0.1, 0.15) is 12.0 Å². The Hall–Kier alpha value is -1.18. The normalized spacial score (nSPS) is 39.6. The van der Waals surface area contributed by atoms with Gasteiger partial charge in [0.2, 0.25) is 0 Å². The minimum Gasteiger partial charge on any atom is -0.507 e. The number of nitrogens with zero attached hydrogens (tertiary/aromatic N) is 1. The van der Waals surface area contributed by atoms with Crippen molar-refractivity contribution in [3.8, 4) is 5.75 Å². The van der Waals surface area contributed by atoms with Crippen molar-refractivity contribution < 1.29 is 20.4 Å². The number of piperidine rings is 1. The molecule has 1 aliphatic heterocycles. The third kappa shape index (κ3) is 2.44. The highest BCUT2D eigenvalue weighted by Gasteiger charge is 2.65. The van der Waals surface area contributed by atoms with Crippen LogP contribution in [-0.2, 0) is 11.8 Å². The molecular weight excluding hydrogens is 344 g/mol. The monoisotopic (exact) mass is 374 g/mol. The van der Waals surface area contributed by atoms with Crippen LogP contribution in [-0.4, -0.2) is 56.2 Å². The summed E-state index contributed by atoms with van der Waals surface area (Å²) in [5, 5.41) is 43.4. The molecule has 0 amide bonds. The van der Waals surface area contributed by atoms with Crippen molar-refractivity contribution in [1.29, 1.82) is 0 Å². The molecule has 2 bridgehead atoms. The zero-order chi connectivity index (χ0) is 19.0. The first-order chi connectivity index (χ1) is 12.9. The minimum absolute atomic E-state index is 0.00381. The SMILES string of the molecule is NC(O)c1ccc2c(c1O)C13CCN(CC4CC4)[C@H](C2)[C@]1(O)CCC(O)C3. The van der Waals surface area contributed by atoms with E-state index in [2.05, 4.69) is 4.90 Å². The van der Waals surface area contributed by atoms with Crippen molar-refractivity contribution in [2.24, 2.45) is 11.7 Å². The summed E-state index contributed by atoms with van der Waals surface area (Å²) >= 11 is 0. The summed E-state index contributed by atoms with van der Waals surface area (Å²) in [7, 11) is 0. The van der Waals surface area contributed by atoms with Crippen LogP contribution in [0.2, 0.25) is 0 Å². The molecule has 6 N–H and O–H groups in total. The molecule has 0 aromatic heterocycles. The van der Waals surface area contributed by atoms with Gasteiger partial charge in [0.25, 0.3) is 0 Å². The Morgan fingerprint density at radius 3 is 2.70 bits per heavy atom. The molecule has 6 heteroatoms. The molecule has 148 valence electrons. The standard InChI is InChI=1S/C21H30N2O4/c22-19(26)15-4-3-13-9-16-21(27)6-5-14(24)10-20(21,17(13)18(15)25)7-8-23(16)11-12-1-2-12/h3-4,12,14,16,19,24-27H,1-2,5-11,22H2/t14?,16-,19?,20?,21-/m1/s1. The van der Waals surface area contributed by atoms with Crippen molar-refractivity contribution in [1.82, 2.24) is 4.90 Å². The summed E-state index contributed by atoms with van der Waals surface area (Å²) in [5.41, 5.74) is 6.03. The third-order valence-corrected chi connectivity index (χ3v) is 7.78. The van der Waals surface area contributed by atoms with Crippen LogP contribution in [0.4, 0.5) is 0 Å². The fourth-order valence-corrected chi connectivity index (χ4v) is 6.30. The highest BCUT2D eigenvalue weighted by atomic mass is 16.3. The Kier molecular flexibility index (Phi) is 3.91. The van der Waals surface area contributed by atoms with Crippen LogP contribution in [0.15, 0.2) is 12.1 Å². The maximum absolute atomic E-state index is 12.0. The molecule has 1 saturated heterocycles. The highest BCUT2D eigenvalue weighted by molar-refractivity contribution is 5.56. The molecule has 3 aliphatic carbocycles. The van der Waals surface area contributed by atoms with Crippen molar-refractivity contribution in [2.45, 2.75) is 74.3 Å². The van der Waals surface area contributed by atoms with Crippen LogP contribution in [0.1, 0.15) is 61.4 Å². The fraction of sp³-hybridized carbons (Fsp3) is 0.714. The Bertz CT molecular complexity index is 765. The van der Waals surface area contributed by atoms with Gasteiger partial charge >= 0.3 is 0 Å². The number of hydrogen-bond donors (Lipinski definition) is 5. The number of hydrogen-bond acceptors (Lipinski definition) is 6. The Labute approximate surface area is 159 Å². The second-order valence-corrected chi connectivity index (χ2v) is 9.29. The van der Waals surface area contributed by atoms with Crippen LogP contribution in [0.5, 0.6) is 5.75 Å². The molecule has 1 heterocycles. The van der Waals surface area contributed by atoms with Gasteiger partial charge < -0.3 is 26.2 Å². The van der Waals surface area contributed by atoms with E-state index in [9.17, 15) is 20.4 Å². The van der Waals surface area contributed by atoms with Gasteiger partial charge in [-0.25, -0.2) is 0 Å².